The van der Waals surface area contributed by atoms with Gasteiger partial charge in [-0.3, -0.25) is 14.4 Å². The maximum atomic E-state index is 12.8. The van der Waals surface area contributed by atoms with Gasteiger partial charge in [-0.25, -0.2) is 0 Å². The smallest absolute Gasteiger partial charge is 0.316 e. The summed E-state index contributed by atoms with van der Waals surface area (Å²) in [6.45, 7) is 4.14. The molecule has 0 aliphatic carbocycles. The third kappa shape index (κ3) is 4.20. The predicted octanol–water partition coefficient (Wildman–Crippen LogP) is 3.80. The van der Waals surface area contributed by atoms with E-state index in [2.05, 4.69) is 5.32 Å². The number of rotatable bonds is 6. The normalized spacial score (nSPS) is 14.4. The van der Waals surface area contributed by atoms with Gasteiger partial charge >= 0.3 is 5.97 Å². The van der Waals surface area contributed by atoms with Crippen molar-refractivity contribution in [2.24, 2.45) is 0 Å². The van der Waals surface area contributed by atoms with Gasteiger partial charge in [-0.15, -0.1) is 11.8 Å². The first-order valence-corrected chi connectivity index (χ1v) is 10.0. The van der Waals surface area contributed by atoms with Crippen molar-refractivity contribution < 1.29 is 19.5 Å². The molecule has 0 saturated heterocycles. The van der Waals surface area contributed by atoms with Gasteiger partial charge in [0.05, 0.1) is 5.56 Å². The molecule has 0 radical (unpaired) electrons. The first-order chi connectivity index (χ1) is 13.4. The van der Waals surface area contributed by atoms with Crippen molar-refractivity contribution in [1.29, 1.82) is 0 Å². The minimum absolute atomic E-state index is 0.116. The molecule has 28 heavy (non-hydrogen) atoms. The number of aryl methyl sites for hydroxylation is 1. The summed E-state index contributed by atoms with van der Waals surface area (Å²) in [4.78, 5) is 38.3. The molecule has 1 unspecified atom stereocenters. The molecule has 146 valence electrons. The average molecular weight is 398 g/mol. The summed E-state index contributed by atoms with van der Waals surface area (Å²) < 4.78 is 0. The molecular weight excluding hydrogens is 376 g/mol. The molecule has 6 nitrogen and oxygen atoms in total. The fraction of sp³-hybridized carbons (Fsp3) is 0.286. The van der Waals surface area contributed by atoms with E-state index >= 15 is 0 Å². The van der Waals surface area contributed by atoms with Gasteiger partial charge in [0, 0.05) is 29.2 Å². The summed E-state index contributed by atoms with van der Waals surface area (Å²) >= 11 is 1.14. The summed E-state index contributed by atoms with van der Waals surface area (Å²) in [5.74, 6) is -1.10. The topological polar surface area (TPSA) is 86.7 Å². The molecule has 0 bridgehead atoms. The number of amides is 2. The number of carboxylic acids is 1. The Morgan fingerprint density at radius 1 is 1.21 bits per heavy atom. The SMILES string of the molecule is CCN1C(=O)CCc2cc(NC(=O)c3ccccc3SC(C)C(=O)O)ccc21. The minimum atomic E-state index is -0.926. The standard InChI is InChI=1S/C21H22N2O4S/c1-3-23-17-10-9-15(12-14(17)8-11-19(23)24)22-20(25)16-6-4-5-7-18(16)28-13(2)21(26)27/h4-7,9-10,12-13H,3,8,11H2,1-2H3,(H,22,25)(H,26,27). The lowest BCUT2D eigenvalue weighted by Gasteiger charge is -2.28. The van der Waals surface area contributed by atoms with Crippen LogP contribution in [0.3, 0.4) is 0 Å². The monoisotopic (exact) mass is 398 g/mol. The van der Waals surface area contributed by atoms with Crippen molar-refractivity contribution in [3.05, 3.63) is 53.6 Å². The molecule has 0 spiro atoms. The molecule has 0 fully saturated rings. The third-order valence-electron chi connectivity index (χ3n) is 4.64. The molecule has 0 saturated carbocycles. The van der Waals surface area contributed by atoms with E-state index in [4.69, 9.17) is 5.11 Å². The van der Waals surface area contributed by atoms with E-state index in [1.807, 2.05) is 19.1 Å². The lowest BCUT2D eigenvalue weighted by atomic mass is 10.0. The Hall–Kier alpha value is -2.80. The highest BCUT2D eigenvalue weighted by Crippen LogP contribution is 2.31. The molecule has 1 atom stereocenters. The van der Waals surface area contributed by atoms with E-state index in [1.54, 1.807) is 42.2 Å². The van der Waals surface area contributed by atoms with Crippen molar-refractivity contribution in [3.8, 4) is 0 Å². The maximum absolute atomic E-state index is 12.8. The van der Waals surface area contributed by atoms with Crippen LogP contribution in [0, 0.1) is 0 Å². The number of anilines is 2. The first-order valence-electron chi connectivity index (χ1n) is 9.13. The summed E-state index contributed by atoms with van der Waals surface area (Å²) in [6, 6.07) is 12.5. The number of benzene rings is 2. The summed E-state index contributed by atoms with van der Waals surface area (Å²) in [7, 11) is 0. The zero-order valence-electron chi connectivity index (χ0n) is 15.8. The molecule has 0 aromatic heterocycles. The number of aliphatic carboxylic acids is 1. The van der Waals surface area contributed by atoms with Gasteiger partial charge in [-0.2, -0.15) is 0 Å². The van der Waals surface area contributed by atoms with Gasteiger partial charge in [0.2, 0.25) is 5.91 Å². The van der Waals surface area contributed by atoms with Crippen LogP contribution in [0.1, 0.15) is 36.2 Å². The van der Waals surface area contributed by atoms with Crippen LogP contribution in [-0.2, 0) is 16.0 Å². The molecule has 2 aromatic carbocycles. The van der Waals surface area contributed by atoms with E-state index in [1.165, 1.54) is 0 Å². The van der Waals surface area contributed by atoms with E-state index in [0.717, 1.165) is 23.0 Å². The first kappa shape index (κ1) is 19.9. The van der Waals surface area contributed by atoms with Crippen LogP contribution in [0.15, 0.2) is 47.4 Å². The second kappa shape index (κ2) is 8.48. The van der Waals surface area contributed by atoms with Crippen LogP contribution in [0.4, 0.5) is 11.4 Å². The summed E-state index contributed by atoms with van der Waals surface area (Å²) in [6.07, 6.45) is 1.11. The Morgan fingerprint density at radius 3 is 2.68 bits per heavy atom. The molecule has 3 rings (SSSR count). The number of carbonyl (C=O) groups is 3. The number of nitrogens with one attached hydrogen (secondary N) is 1. The Kier molecular flexibility index (Phi) is 6.04. The van der Waals surface area contributed by atoms with Crippen LogP contribution in [0.25, 0.3) is 0 Å². The molecule has 1 aliphatic rings. The Bertz CT molecular complexity index is 928. The summed E-state index contributed by atoms with van der Waals surface area (Å²) in [5.41, 5.74) is 3.01. The van der Waals surface area contributed by atoms with Crippen LogP contribution in [0.5, 0.6) is 0 Å². The van der Waals surface area contributed by atoms with Crippen molar-refractivity contribution in [3.63, 3.8) is 0 Å². The lowest BCUT2D eigenvalue weighted by Crippen LogP contribution is -2.34. The molecule has 7 heteroatoms. The molecule has 2 amide bonds. The zero-order valence-corrected chi connectivity index (χ0v) is 16.6. The highest BCUT2D eigenvalue weighted by molar-refractivity contribution is 8.00. The molecule has 1 aliphatic heterocycles. The van der Waals surface area contributed by atoms with Gasteiger partial charge in [-0.1, -0.05) is 12.1 Å². The van der Waals surface area contributed by atoms with Gasteiger partial charge in [0.25, 0.3) is 5.91 Å². The number of carboxylic acid groups (broad SMARTS) is 1. The minimum Gasteiger partial charge on any atom is -0.480 e. The molecular formula is C21H22N2O4S. The van der Waals surface area contributed by atoms with Gasteiger partial charge in [-0.05, 0) is 56.2 Å². The second-order valence-electron chi connectivity index (χ2n) is 6.53. The Morgan fingerprint density at radius 2 is 1.96 bits per heavy atom. The highest BCUT2D eigenvalue weighted by atomic mass is 32.2. The fourth-order valence-electron chi connectivity index (χ4n) is 3.18. The Balaban J connectivity index is 1.81. The van der Waals surface area contributed by atoms with Gasteiger partial charge in [0.1, 0.15) is 5.25 Å². The highest BCUT2D eigenvalue weighted by Gasteiger charge is 2.23. The van der Waals surface area contributed by atoms with Crippen LogP contribution in [0.2, 0.25) is 0 Å². The number of hydrogen-bond donors (Lipinski definition) is 2. The quantitative estimate of drug-likeness (QED) is 0.723. The van der Waals surface area contributed by atoms with Gasteiger partial charge < -0.3 is 15.3 Å². The maximum Gasteiger partial charge on any atom is 0.316 e. The number of fused-ring (bicyclic) bond motifs is 1. The average Bonchev–Trinajstić information content (AvgIpc) is 2.68. The van der Waals surface area contributed by atoms with E-state index in [9.17, 15) is 14.4 Å². The van der Waals surface area contributed by atoms with Crippen molar-refractivity contribution in [2.75, 3.05) is 16.8 Å². The van der Waals surface area contributed by atoms with Crippen molar-refractivity contribution >= 4 is 40.9 Å². The van der Waals surface area contributed by atoms with E-state index < -0.39 is 11.2 Å². The van der Waals surface area contributed by atoms with Crippen LogP contribution in [-0.4, -0.2) is 34.7 Å². The molecule has 2 N–H and O–H groups in total. The Labute approximate surface area is 167 Å². The second-order valence-corrected chi connectivity index (χ2v) is 7.91. The van der Waals surface area contributed by atoms with Gasteiger partial charge in [0.15, 0.2) is 0 Å². The predicted molar refractivity (Wildman–Crippen MR) is 110 cm³/mol. The van der Waals surface area contributed by atoms with E-state index in [0.29, 0.717) is 35.5 Å². The number of carbonyl (C=O) groups excluding carboxylic acids is 2. The van der Waals surface area contributed by atoms with Crippen molar-refractivity contribution in [2.45, 2.75) is 36.8 Å². The zero-order chi connectivity index (χ0) is 20.3. The third-order valence-corrected chi connectivity index (χ3v) is 5.80. The molecule has 1 heterocycles. The molecule has 2 aromatic rings. The number of thioether (sulfide) groups is 1. The fourth-order valence-corrected chi connectivity index (χ4v) is 4.11. The van der Waals surface area contributed by atoms with E-state index in [-0.39, 0.29) is 11.8 Å². The summed E-state index contributed by atoms with van der Waals surface area (Å²) in [5, 5.41) is 11.4. The largest absolute Gasteiger partial charge is 0.480 e. The number of hydrogen-bond acceptors (Lipinski definition) is 4. The van der Waals surface area contributed by atoms with Crippen molar-refractivity contribution in [1.82, 2.24) is 0 Å². The van der Waals surface area contributed by atoms with Crippen LogP contribution < -0.4 is 10.2 Å². The van der Waals surface area contributed by atoms with Crippen LogP contribution >= 0.6 is 11.8 Å². The number of nitrogens with zero attached hydrogens (tertiary/aromatic N) is 1. The lowest BCUT2D eigenvalue weighted by molar-refractivity contribution is -0.136.